The normalized spacial score (nSPS) is 10.9. The van der Waals surface area contributed by atoms with E-state index in [1.54, 1.807) is 0 Å². The fourth-order valence-electron chi connectivity index (χ4n) is 0.665. The van der Waals surface area contributed by atoms with Crippen molar-refractivity contribution < 1.29 is 23.2 Å². The first-order chi connectivity index (χ1) is 7.06. The van der Waals surface area contributed by atoms with Crippen LogP contribution < -0.4 is 5.32 Å². The molecule has 0 bridgehead atoms. The summed E-state index contributed by atoms with van der Waals surface area (Å²) in [5.41, 5.74) is 1.16. The molecule has 0 spiro atoms. The van der Waals surface area contributed by atoms with Crippen LogP contribution in [0, 0.1) is 0 Å². The first-order valence-electron chi connectivity index (χ1n) is 3.79. The van der Waals surface area contributed by atoms with Gasteiger partial charge in [0.15, 0.2) is 4.31 Å². The van der Waals surface area contributed by atoms with E-state index in [4.69, 9.17) is 9.79 Å². The molecule has 6 nitrogen and oxygen atoms in total. The van der Waals surface area contributed by atoms with E-state index in [0.29, 0.717) is 0 Å². The van der Waals surface area contributed by atoms with Crippen LogP contribution in [0.1, 0.15) is 0 Å². The molecule has 3 N–H and O–H groups in total. The van der Waals surface area contributed by atoms with E-state index in [9.17, 15) is 9.13 Å². The van der Waals surface area contributed by atoms with Gasteiger partial charge in [-0.1, -0.05) is 18.2 Å². The second-order valence-electron chi connectivity index (χ2n) is 2.17. The molecule has 1 rings (SSSR count). The van der Waals surface area contributed by atoms with Crippen molar-refractivity contribution in [1.29, 1.82) is 0 Å². The molecule has 15 heavy (non-hydrogen) atoms. The van der Waals surface area contributed by atoms with Crippen molar-refractivity contribution in [2.24, 2.45) is 0 Å². The van der Waals surface area contributed by atoms with Gasteiger partial charge in [-0.3, -0.25) is 0 Å². The summed E-state index contributed by atoms with van der Waals surface area (Å²) >= 11 is 0. The first kappa shape index (κ1) is 14.1. The van der Waals surface area contributed by atoms with Gasteiger partial charge in [0.25, 0.3) is 0 Å². The van der Waals surface area contributed by atoms with Crippen molar-refractivity contribution in [3.8, 4) is 0 Å². The van der Waals surface area contributed by atoms with Gasteiger partial charge in [-0.25, -0.2) is 0 Å². The van der Waals surface area contributed by atoms with Crippen LogP contribution >= 0.6 is 16.5 Å². The van der Waals surface area contributed by atoms with Gasteiger partial charge in [0.1, 0.15) is 0 Å². The lowest BCUT2D eigenvalue weighted by atomic mass is 10.3. The number of rotatable bonds is 3. The van der Waals surface area contributed by atoms with E-state index in [2.05, 4.69) is 9.63 Å². The second-order valence-corrected chi connectivity index (χ2v) is 3.78. The highest BCUT2D eigenvalue weighted by Gasteiger charge is 2.31. The summed E-state index contributed by atoms with van der Waals surface area (Å²) in [7, 11) is -3.94. The number of para-hydroxylation sites is 1. The smallest absolute Gasteiger partial charge is 0.388 e. The molecular weight excluding hydrogens is 240 g/mol. The quantitative estimate of drug-likeness (QED) is 0.711. The molecule has 0 aliphatic carbocycles. The maximum absolute atomic E-state index is 9.39. The standard InChI is InChI=1S/C7H9N.O5P2/c1-8-7-5-3-2-4-6-7;1-6(2)5-7(3)4/h2-6,8H,1H3;/p+2. The Hall–Kier alpha value is -0.900. The molecule has 0 saturated heterocycles. The second kappa shape index (κ2) is 8.41. The summed E-state index contributed by atoms with van der Waals surface area (Å²) in [6.45, 7) is 0. The molecule has 8 heteroatoms. The molecule has 0 amide bonds. The maximum Gasteiger partial charge on any atom is 0.745 e. The Morgan fingerprint density at radius 2 is 1.60 bits per heavy atom. The van der Waals surface area contributed by atoms with Crippen molar-refractivity contribution >= 4 is 22.2 Å². The lowest BCUT2D eigenvalue weighted by Crippen LogP contribution is -1.84. The zero-order valence-electron chi connectivity index (χ0n) is 7.90. The van der Waals surface area contributed by atoms with E-state index in [1.807, 2.05) is 37.4 Å². The van der Waals surface area contributed by atoms with Crippen molar-refractivity contribution in [3.05, 3.63) is 30.3 Å². The zero-order chi connectivity index (χ0) is 11.7. The van der Waals surface area contributed by atoms with Gasteiger partial charge >= 0.3 is 16.5 Å². The van der Waals surface area contributed by atoms with Crippen molar-refractivity contribution in [2.45, 2.75) is 0 Å². The topological polar surface area (TPSA) is 95.9 Å². The average molecular weight is 251 g/mol. The molecular formula is C7H11NO5P2+2. The summed E-state index contributed by atoms with van der Waals surface area (Å²) < 4.78 is 22.2. The van der Waals surface area contributed by atoms with Crippen molar-refractivity contribution in [1.82, 2.24) is 0 Å². The first-order valence-corrected chi connectivity index (χ1v) is 6.05. The highest BCUT2D eigenvalue weighted by Crippen LogP contribution is 2.30. The molecule has 0 saturated carbocycles. The highest BCUT2D eigenvalue weighted by molar-refractivity contribution is 7.46. The summed E-state index contributed by atoms with van der Waals surface area (Å²) in [5, 5.41) is 3.03. The van der Waals surface area contributed by atoms with Crippen LogP contribution in [0.4, 0.5) is 5.69 Å². The van der Waals surface area contributed by atoms with Crippen LogP contribution in [0.3, 0.4) is 0 Å². The van der Waals surface area contributed by atoms with Crippen LogP contribution in [-0.2, 0) is 13.4 Å². The van der Waals surface area contributed by atoms with Gasteiger partial charge in [-0.15, -0.1) is 9.79 Å². The predicted molar refractivity (Wildman–Crippen MR) is 56.7 cm³/mol. The number of hydrogen-bond acceptors (Lipinski definition) is 4. The number of hydrogen-bond donors (Lipinski definition) is 3. The van der Waals surface area contributed by atoms with Gasteiger partial charge in [0, 0.05) is 21.9 Å². The van der Waals surface area contributed by atoms with E-state index < -0.39 is 16.5 Å². The molecule has 1 aromatic rings. The Bertz CT molecular complexity index is 306. The van der Waals surface area contributed by atoms with Crippen LogP contribution in [0.5, 0.6) is 0 Å². The predicted octanol–water partition coefficient (Wildman–Crippen LogP) is 2.03. The lowest BCUT2D eigenvalue weighted by Gasteiger charge is -1.94. The Morgan fingerprint density at radius 3 is 1.80 bits per heavy atom. The van der Waals surface area contributed by atoms with E-state index in [-0.39, 0.29) is 0 Å². The van der Waals surface area contributed by atoms with E-state index >= 15 is 0 Å². The molecule has 0 heterocycles. The van der Waals surface area contributed by atoms with Gasteiger partial charge < -0.3 is 5.32 Å². The highest BCUT2D eigenvalue weighted by atomic mass is 31.2. The van der Waals surface area contributed by atoms with Gasteiger partial charge in [-0.05, 0) is 12.1 Å². The third-order valence-electron chi connectivity index (χ3n) is 1.20. The molecule has 1 aromatic carbocycles. The van der Waals surface area contributed by atoms with Crippen LogP contribution in [0.2, 0.25) is 0 Å². The van der Waals surface area contributed by atoms with Crippen LogP contribution in [-0.4, -0.2) is 16.8 Å². The number of anilines is 1. The fourth-order valence-corrected chi connectivity index (χ4v) is 1.14. The minimum absolute atomic E-state index is 1.16. The van der Waals surface area contributed by atoms with Gasteiger partial charge in [0.2, 0.25) is 0 Å². The molecule has 0 radical (unpaired) electrons. The van der Waals surface area contributed by atoms with Crippen molar-refractivity contribution in [3.63, 3.8) is 0 Å². The zero-order valence-corrected chi connectivity index (χ0v) is 9.69. The molecule has 0 aliphatic heterocycles. The summed E-state index contributed by atoms with van der Waals surface area (Å²) in [6, 6.07) is 10.1. The monoisotopic (exact) mass is 251 g/mol. The average Bonchev–Trinajstić information content (AvgIpc) is 2.18. The van der Waals surface area contributed by atoms with Crippen LogP contribution in [0.25, 0.3) is 0 Å². The minimum atomic E-state index is -2.92. The number of nitrogens with one attached hydrogen (secondary N) is 1. The largest absolute Gasteiger partial charge is 0.745 e. The summed E-state index contributed by atoms with van der Waals surface area (Å²) in [5.74, 6) is 0. The number of benzene rings is 1. The molecule has 0 aliphatic rings. The van der Waals surface area contributed by atoms with Crippen molar-refractivity contribution in [2.75, 3.05) is 12.4 Å². The Kier molecular flexibility index (Phi) is 7.91. The summed E-state index contributed by atoms with van der Waals surface area (Å²) in [4.78, 5) is 15.3. The Labute approximate surface area is 88.8 Å². The maximum atomic E-state index is 9.39. The molecule has 0 aromatic heterocycles. The Morgan fingerprint density at radius 1 is 1.13 bits per heavy atom. The fraction of sp³-hybridized carbons (Fsp3) is 0.143. The molecule has 82 valence electrons. The Balaban J connectivity index is 0.000000265. The SMILES string of the molecule is CNc1ccccc1.O=[P+](O)O[P+](=O)O. The molecule has 2 unspecified atom stereocenters. The van der Waals surface area contributed by atoms with Gasteiger partial charge in [0.05, 0.1) is 0 Å². The molecule has 2 atom stereocenters. The van der Waals surface area contributed by atoms with Crippen LogP contribution in [0.15, 0.2) is 30.3 Å². The van der Waals surface area contributed by atoms with E-state index in [0.717, 1.165) is 5.69 Å². The third-order valence-corrected chi connectivity index (χ3v) is 2.32. The minimum Gasteiger partial charge on any atom is -0.388 e. The van der Waals surface area contributed by atoms with Gasteiger partial charge in [-0.2, -0.15) is 0 Å². The third kappa shape index (κ3) is 9.41. The molecule has 0 fully saturated rings. The lowest BCUT2D eigenvalue weighted by molar-refractivity contribution is 0.371. The van der Waals surface area contributed by atoms with E-state index in [1.165, 1.54) is 0 Å². The summed E-state index contributed by atoms with van der Waals surface area (Å²) in [6.07, 6.45) is 0.